The summed E-state index contributed by atoms with van der Waals surface area (Å²) in [7, 11) is -5.26. The van der Waals surface area contributed by atoms with E-state index in [4.69, 9.17) is 0 Å². The van der Waals surface area contributed by atoms with Crippen LogP contribution in [-0.2, 0) is 33.3 Å². The number of benzene rings is 1. The van der Waals surface area contributed by atoms with Gasteiger partial charge in [-0.15, -0.1) is 0 Å². The Hall–Kier alpha value is -1.87. The molecule has 2 rings (SSSR count). The minimum atomic E-state index is -3.59. The topological polar surface area (TPSA) is 89.3 Å². The first kappa shape index (κ1) is 18.5. The fraction of sp³-hybridized carbons (Fsp3) is 0.400. The van der Waals surface area contributed by atoms with Gasteiger partial charge in [0.15, 0.2) is 19.7 Å². The number of aryl methyl sites for hydroxylation is 1. The molecule has 0 radical (unpaired) electrons. The third-order valence-electron chi connectivity index (χ3n) is 3.61. The molecule has 0 aliphatic heterocycles. The standard InChI is InChI=1S/C15H21N3O4S2/c1-5-18(11-12-9-16-17(2)10-12)14-7-6-13(23(3,19)20)8-15(14)24(4,21)22/h6-10H,5,11H2,1-4H3. The second-order valence-electron chi connectivity index (χ2n) is 5.71. The Balaban J connectivity index is 2.54. The Labute approximate surface area is 142 Å². The van der Waals surface area contributed by atoms with Crippen LogP contribution in [0.1, 0.15) is 12.5 Å². The van der Waals surface area contributed by atoms with Gasteiger partial charge in [0.2, 0.25) is 0 Å². The molecular weight excluding hydrogens is 350 g/mol. The van der Waals surface area contributed by atoms with Crippen LogP contribution < -0.4 is 4.90 Å². The van der Waals surface area contributed by atoms with Crippen molar-refractivity contribution in [3.8, 4) is 0 Å². The smallest absolute Gasteiger partial charge is 0.177 e. The minimum Gasteiger partial charge on any atom is -0.366 e. The number of hydrogen-bond donors (Lipinski definition) is 0. The minimum absolute atomic E-state index is 0.0101. The monoisotopic (exact) mass is 371 g/mol. The fourth-order valence-electron chi connectivity index (χ4n) is 2.42. The van der Waals surface area contributed by atoms with Crippen molar-refractivity contribution < 1.29 is 16.8 Å². The predicted molar refractivity (Wildman–Crippen MR) is 92.6 cm³/mol. The molecule has 0 saturated carbocycles. The molecule has 0 aliphatic carbocycles. The third kappa shape index (κ3) is 4.15. The van der Waals surface area contributed by atoms with Crippen LogP contribution in [0, 0.1) is 0 Å². The number of nitrogens with zero attached hydrogens (tertiary/aromatic N) is 3. The van der Waals surface area contributed by atoms with E-state index < -0.39 is 19.7 Å². The van der Waals surface area contributed by atoms with Gasteiger partial charge in [0.1, 0.15) is 0 Å². The summed E-state index contributed by atoms with van der Waals surface area (Å²) in [6.45, 7) is 2.95. The van der Waals surface area contributed by atoms with E-state index in [0.29, 0.717) is 18.8 Å². The number of anilines is 1. The molecule has 0 saturated heterocycles. The van der Waals surface area contributed by atoms with E-state index in [0.717, 1.165) is 18.1 Å². The van der Waals surface area contributed by atoms with Gasteiger partial charge >= 0.3 is 0 Å². The van der Waals surface area contributed by atoms with Gasteiger partial charge in [0.05, 0.1) is 21.7 Å². The van der Waals surface area contributed by atoms with E-state index in [1.54, 1.807) is 16.9 Å². The highest BCUT2D eigenvalue weighted by atomic mass is 32.2. The zero-order valence-corrected chi connectivity index (χ0v) is 15.7. The molecule has 0 spiro atoms. The van der Waals surface area contributed by atoms with Gasteiger partial charge in [-0.3, -0.25) is 4.68 Å². The van der Waals surface area contributed by atoms with Crippen molar-refractivity contribution in [2.45, 2.75) is 23.3 Å². The Morgan fingerprint density at radius 2 is 1.79 bits per heavy atom. The van der Waals surface area contributed by atoms with Crippen LogP contribution in [0.25, 0.3) is 0 Å². The van der Waals surface area contributed by atoms with Crippen molar-refractivity contribution in [2.75, 3.05) is 24.0 Å². The van der Waals surface area contributed by atoms with E-state index in [1.807, 2.05) is 25.1 Å². The van der Waals surface area contributed by atoms with E-state index in [1.165, 1.54) is 12.1 Å². The van der Waals surface area contributed by atoms with Crippen LogP contribution in [0.5, 0.6) is 0 Å². The van der Waals surface area contributed by atoms with Crippen molar-refractivity contribution in [1.82, 2.24) is 9.78 Å². The lowest BCUT2D eigenvalue weighted by Gasteiger charge is -2.25. The molecule has 1 heterocycles. The number of aromatic nitrogens is 2. The SMILES string of the molecule is CCN(Cc1cnn(C)c1)c1ccc(S(C)(=O)=O)cc1S(C)(=O)=O. The van der Waals surface area contributed by atoms with Crippen molar-refractivity contribution in [3.63, 3.8) is 0 Å². The highest BCUT2D eigenvalue weighted by Gasteiger charge is 2.21. The molecule has 0 unspecified atom stereocenters. The van der Waals surface area contributed by atoms with E-state index in [2.05, 4.69) is 5.10 Å². The molecule has 2 aromatic rings. The Bertz CT molecular complexity index is 947. The van der Waals surface area contributed by atoms with Crippen molar-refractivity contribution in [3.05, 3.63) is 36.2 Å². The maximum absolute atomic E-state index is 12.2. The highest BCUT2D eigenvalue weighted by Crippen LogP contribution is 2.29. The molecule has 9 heteroatoms. The molecular formula is C15H21N3O4S2. The van der Waals surface area contributed by atoms with Crippen LogP contribution in [0.15, 0.2) is 40.4 Å². The molecule has 0 fully saturated rings. The lowest BCUT2D eigenvalue weighted by atomic mass is 10.2. The normalized spacial score (nSPS) is 12.3. The second-order valence-corrected chi connectivity index (χ2v) is 9.71. The fourth-order valence-corrected chi connectivity index (χ4v) is 4.06. The van der Waals surface area contributed by atoms with E-state index in [-0.39, 0.29) is 9.79 Å². The second kappa shape index (κ2) is 6.56. The lowest BCUT2D eigenvalue weighted by Crippen LogP contribution is -2.24. The van der Waals surface area contributed by atoms with Crippen molar-refractivity contribution in [1.29, 1.82) is 0 Å². The maximum Gasteiger partial charge on any atom is 0.177 e. The summed E-state index contributed by atoms with van der Waals surface area (Å²) in [4.78, 5) is 1.87. The van der Waals surface area contributed by atoms with Gasteiger partial charge in [-0.25, -0.2) is 16.8 Å². The Morgan fingerprint density at radius 1 is 1.12 bits per heavy atom. The first-order valence-corrected chi connectivity index (χ1v) is 11.1. The Morgan fingerprint density at radius 3 is 2.25 bits per heavy atom. The summed E-state index contributed by atoms with van der Waals surface area (Å²) in [5, 5.41) is 4.11. The van der Waals surface area contributed by atoms with Crippen LogP contribution >= 0.6 is 0 Å². The zero-order valence-electron chi connectivity index (χ0n) is 14.1. The van der Waals surface area contributed by atoms with Crippen molar-refractivity contribution >= 4 is 25.4 Å². The zero-order chi connectivity index (χ0) is 18.1. The molecule has 7 nitrogen and oxygen atoms in total. The molecule has 132 valence electrons. The van der Waals surface area contributed by atoms with Crippen molar-refractivity contribution in [2.24, 2.45) is 7.05 Å². The summed E-state index contributed by atoms with van der Waals surface area (Å²) < 4.78 is 49.5. The van der Waals surface area contributed by atoms with E-state index in [9.17, 15) is 16.8 Å². The van der Waals surface area contributed by atoms with E-state index >= 15 is 0 Å². The summed E-state index contributed by atoms with van der Waals surface area (Å²) in [6.07, 6.45) is 5.71. The lowest BCUT2D eigenvalue weighted by molar-refractivity contribution is 0.599. The first-order chi connectivity index (χ1) is 11.0. The largest absolute Gasteiger partial charge is 0.366 e. The summed E-state index contributed by atoms with van der Waals surface area (Å²) in [6, 6.07) is 4.21. The number of rotatable bonds is 6. The molecule has 0 atom stereocenters. The molecule has 24 heavy (non-hydrogen) atoms. The number of sulfone groups is 2. The average Bonchev–Trinajstić information content (AvgIpc) is 2.87. The van der Waals surface area contributed by atoms with Crippen LogP contribution in [0.4, 0.5) is 5.69 Å². The summed E-state index contributed by atoms with van der Waals surface area (Å²) in [5.41, 5.74) is 1.42. The van der Waals surface area contributed by atoms with Crippen LogP contribution in [-0.4, -0.2) is 45.7 Å². The molecule has 0 N–H and O–H groups in total. The van der Waals surface area contributed by atoms with Gasteiger partial charge in [0, 0.05) is 44.4 Å². The molecule has 0 bridgehead atoms. The summed E-state index contributed by atoms with van der Waals surface area (Å²) >= 11 is 0. The van der Waals surface area contributed by atoms with Gasteiger partial charge < -0.3 is 4.90 Å². The van der Waals surface area contributed by atoms with Crippen LogP contribution in [0.2, 0.25) is 0 Å². The predicted octanol–water partition coefficient (Wildman–Crippen LogP) is 1.25. The highest BCUT2D eigenvalue weighted by molar-refractivity contribution is 7.91. The van der Waals surface area contributed by atoms with Gasteiger partial charge in [0.25, 0.3) is 0 Å². The third-order valence-corrected chi connectivity index (χ3v) is 5.85. The molecule has 1 aromatic carbocycles. The van der Waals surface area contributed by atoms with Gasteiger partial charge in [-0.2, -0.15) is 5.10 Å². The molecule has 0 amide bonds. The molecule has 1 aromatic heterocycles. The molecule has 0 aliphatic rings. The Kier molecular flexibility index (Phi) is 5.05. The maximum atomic E-state index is 12.2. The van der Waals surface area contributed by atoms with Gasteiger partial charge in [-0.05, 0) is 25.1 Å². The summed E-state index contributed by atoms with van der Waals surface area (Å²) in [5.74, 6) is 0. The number of hydrogen-bond acceptors (Lipinski definition) is 6. The van der Waals surface area contributed by atoms with Crippen LogP contribution in [0.3, 0.4) is 0 Å². The van der Waals surface area contributed by atoms with Gasteiger partial charge in [-0.1, -0.05) is 0 Å². The first-order valence-electron chi connectivity index (χ1n) is 7.29. The average molecular weight is 371 g/mol. The quantitative estimate of drug-likeness (QED) is 0.759.